The van der Waals surface area contributed by atoms with Crippen molar-refractivity contribution in [2.45, 2.75) is 13.0 Å². The van der Waals surface area contributed by atoms with Crippen LogP contribution in [0.2, 0.25) is 5.15 Å². The van der Waals surface area contributed by atoms with Crippen molar-refractivity contribution in [3.8, 4) is 0 Å². The molecule has 0 atom stereocenters. The van der Waals surface area contributed by atoms with Gasteiger partial charge in [0.15, 0.2) is 12.2 Å². The van der Waals surface area contributed by atoms with E-state index in [0.717, 1.165) is 0 Å². The molecule has 8 heteroatoms. The van der Waals surface area contributed by atoms with Crippen LogP contribution in [-0.4, -0.2) is 33.8 Å². The summed E-state index contributed by atoms with van der Waals surface area (Å²) < 4.78 is 9.83. The van der Waals surface area contributed by atoms with Crippen molar-refractivity contribution in [2.75, 3.05) is 19.0 Å². The molecule has 0 spiro atoms. The zero-order chi connectivity index (χ0) is 12.8. The van der Waals surface area contributed by atoms with Gasteiger partial charge < -0.3 is 14.6 Å². The molecule has 0 fully saturated rings. The zero-order valence-electron chi connectivity index (χ0n) is 9.76. The third kappa shape index (κ3) is 3.64. The van der Waals surface area contributed by atoms with Crippen LogP contribution in [0, 0.1) is 0 Å². The average molecular weight is 270 g/mol. The minimum atomic E-state index is 0.318. The second-order valence-electron chi connectivity index (χ2n) is 3.44. The molecule has 2 rings (SSSR count). The second-order valence-corrected chi connectivity index (χ2v) is 3.82. The van der Waals surface area contributed by atoms with Crippen LogP contribution in [0.5, 0.6) is 0 Å². The maximum absolute atomic E-state index is 5.88. The summed E-state index contributed by atoms with van der Waals surface area (Å²) in [7, 11) is 1.58. The van der Waals surface area contributed by atoms with Crippen molar-refractivity contribution < 1.29 is 9.26 Å². The smallest absolute Gasteiger partial charge is 0.228 e. The fraction of sp³-hybridized carbons (Fsp3) is 0.400. The number of ether oxygens (including phenoxy) is 1. The van der Waals surface area contributed by atoms with Crippen LogP contribution < -0.4 is 5.32 Å². The number of hydrogen-bond donors (Lipinski definition) is 1. The van der Waals surface area contributed by atoms with Crippen LogP contribution in [-0.2, 0) is 17.8 Å². The predicted molar refractivity (Wildman–Crippen MR) is 64.2 cm³/mol. The molecular weight excluding hydrogens is 258 g/mol. The number of rotatable bonds is 6. The van der Waals surface area contributed by atoms with E-state index in [1.165, 1.54) is 6.33 Å². The summed E-state index contributed by atoms with van der Waals surface area (Å²) in [6.45, 7) is 0.931. The summed E-state index contributed by atoms with van der Waals surface area (Å²) >= 11 is 5.88. The minimum absolute atomic E-state index is 0.318. The first-order valence-corrected chi connectivity index (χ1v) is 5.67. The molecule has 0 saturated heterocycles. The standard InChI is InChI=1S/C10H12ClN5O2/c1-17-5-9-15-7(11)4-8(16-9)12-3-2-10-13-6-14-18-10/h4,6H,2-3,5H2,1H3,(H,12,15,16). The van der Waals surface area contributed by atoms with Crippen molar-refractivity contribution in [3.05, 3.63) is 29.3 Å². The maximum atomic E-state index is 5.88. The van der Waals surface area contributed by atoms with Crippen LogP contribution >= 0.6 is 11.6 Å². The Labute approximate surface area is 109 Å². The van der Waals surface area contributed by atoms with Gasteiger partial charge in [-0.15, -0.1) is 0 Å². The third-order valence-electron chi connectivity index (χ3n) is 2.07. The van der Waals surface area contributed by atoms with Crippen molar-refractivity contribution in [1.82, 2.24) is 20.1 Å². The van der Waals surface area contributed by atoms with E-state index in [9.17, 15) is 0 Å². The Morgan fingerprint density at radius 2 is 2.33 bits per heavy atom. The number of methoxy groups -OCH3 is 1. The highest BCUT2D eigenvalue weighted by Gasteiger charge is 2.04. The van der Waals surface area contributed by atoms with Crippen molar-refractivity contribution in [3.63, 3.8) is 0 Å². The van der Waals surface area contributed by atoms with Crippen LogP contribution in [0.15, 0.2) is 16.9 Å². The van der Waals surface area contributed by atoms with Gasteiger partial charge in [0.2, 0.25) is 5.89 Å². The Morgan fingerprint density at radius 1 is 1.44 bits per heavy atom. The van der Waals surface area contributed by atoms with Crippen LogP contribution in [0.4, 0.5) is 5.82 Å². The maximum Gasteiger partial charge on any atom is 0.228 e. The van der Waals surface area contributed by atoms with E-state index in [4.69, 9.17) is 20.9 Å². The summed E-state index contributed by atoms with van der Waals surface area (Å²) in [5.41, 5.74) is 0. The Hall–Kier alpha value is -1.73. The lowest BCUT2D eigenvalue weighted by Crippen LogP contribution is -2.08. The van der Waals surface area contributed by atoms with Gasteiger partial charge in [-0.05, 0) is 0 Å². The van der Waals surface area contributed by atoms with E-state index in [-0.39, 0.29) is 0 Å². The molecular formula is C10H12ClN5O2. The topological polar surface area (TPSA) is 86.0 Å². The van der Waals surface area contributed by atoms with Gasteiger partial charge in [-0.3, -0.25) is 0 Å². The van der Waals surface area contributed by atoms with Crippen LogP contribution in [0.1, 0.15) is 11.7 Å². The van der Waals surface area contributed by atoms with E-state index in [2.05, 4.69) is 25.4 Å². The number of nitrogens with zero attached hydrogens (tertiary/aromatic N) is 4. The molecule has 0 bridgehead atoms. The van der Waals surface area contributed by atoms with E-state index >= 15 is 0 Å². The number of halogens is 1. The number of anilines is 1. The first-order chi connectivity index (χ1) is 8.78. The highest BCUT2D eigenvalue weighted by atomic mass is 35.5. The first-order valence-electron chi connectivity index (χ1n) is 5.30. The molecule has 2 aromatic rings. The molecule has 7 nitrogen and oxygen atoms in total. The Bertz CT molecular complexity index is 491. The van der Waals surface area contributed by atoms with Gasteiger partial charge in [0.25, 0.3) is 0 Å². The van der Waals surface area contributed by atoms with Gasteiger partial charge >= 0.3 is 0 Å². The summed E-state index contributed by atoms with van der Waals surface area (Å²) in [5.74, 6) is 1.74. The van der Waals surface area contributed by atoms with E-state index < -0.39 is 0 Å². The SMILES string of the molecule is COCc1nc(Cl)cc(NCCc2ncno2)n1. The number of hydrogen-bond acceptors (Lipinski definition) is 7. The minimum Gasteiger partial charge on any atom is -0.377 e. The lowest BCUT2D eigenvalue weighted by atomic mass is 10.4. The molecule has 0 aliphatic rings. The molecule has 2 heterocycles. The molecule has 96 valence electrons. The predicted octanol–water partition coefficient (Wildman–Crippen LogP) is 1.31. The summed E-state index contributed by atoms with van der Waals surface area (Å²) in [5, 5.41) is 7.00. The van der Waals surface area contributed by atoms with Gasteiger partial charge in [0.05, 0.1) is 0 Å². The number of aromatic nitrogens is 4. The summed E-state index contributed by atoms with van der Waals surface area (Å²) in [4.78, 5) is 12.2. The Balaban J connectivity index is 1.92. The van der Waals surface area contributed by atoms with Gasteiger partial charge in [-0.25, -0.2) is 9.97 Å². The molecule has 0 aliphatic heterocycles. The first kappa shape index (κ1) is 12.7. The molecule has 0 saturated carbocycles. The quantitative estimate of drug-likeness (QED) is 0.791. The van der Waals surface area contributed by atoms with E-state index in [1.807, 2.05) is 0 Å². The van der Waals surface area contributed by atoms with Crippen LogP contribution in [0.25, 0.3) is 0 Å². The van der Waals surface area contributed by atoms with Gasteiger partial charge in [0, 0.05) is 26.1 Å². The molecule has 0 aromatic carbocycles. The summed E-state index contributed by atoms with van der Waals surface area (Å²) in [6.07, 6.45) is 1.98. The van der Waals surface area contributed by atoms with Crippen molar-refractivity contribution in [1.29, 1.82) is 0 Å². The molecule has 0 radical (unpaired) electrons. The second kappa shape index (κ2) is 6.27. The van der Waals surface area contributed by atoms with Gasteiger partial charge in [-0.1, -0.05) is 16.8 Å². The molecule has 0 aliphatic carbocycles. The van der Waals surface area contributed by atoms with Gasteiger partial charge in [-0.2, -0.15) is 4.98 Å². The Morgan fingerprint density at radius 3 is 3.06 bits per heavy atom. The fourth-order valence-corrected chi connectivity index (χ4v) is 1.55. The van der Waals surface area contributed by atoms with Crippen molar-refractivity contribution >= 4 is 17.4 Å². The molecule has 1 N–H and O–H groups in total. The summed E-state index contributed by atoms with van der Waals surface area (Å²) in [6, 6.07) is 1.65. The zero-order valence-corrected chi connectivity index (χ0v) is 10.5. The van der Waals surface area contributed by atoms with E-state index in [1.54, 1.807) is 13.2 Å². The highest BCUT2D eigenvalue weighted by molar-refractivity contribution is 6.29. The fourth-order valence-electron chi connectivity index (χ4n) is 1.35. The molecule has 0 amide bonds. The highest BCUT2D eigenvalue weighted by Crippen LogP contribution is 2.12. The largest absolute Gasteiger partial charge is 0.377 e. The Kier molecular flexibility index (Phi) is 4.43. The van der Waals surface area contributed by atoms with Crippen LogP contribution in [0.3, 0.4) is 0 Å². The lowest BCUT2D eigenvalue weighted by molar-refractivity contribution is 0.178. The monoisotopic (exact) mass is 269 g/mol. The molecule has 2 aromatic heterocycles. The molecule has 18 heavy (non-hydrogen) atoms. The normalized spacial score (nSPS) is 10.6. The average Bonchev–Trinajstić information content (AvgIpc) is 2.82. The number of nitrogens with one attached hydrogen (secondary N) is 1. The van der Waals surface area contributed by atoms with Crippen molar-refractivity contribution in [2.24, 2.45) is 0 Å². The van der Waals surface area contributed by atoms with Gasteiger partial charge in [0.1, 0.15) is 17.6 Å². The third-order valence-corrected chi connectivity index (χ3v) is 2.26. The van der Waals surface area contributed by atoms with E-state index in [0.29, 0.717) is 42.3 Å². The molecule has 0 unspecified atom stereocenters. The lowest BCUT2D eigenvalue weighted by Gasteiger charge is -2.06.